The zero-order valence-electron chi connectivity index (χ0n) is 33.4. The van der Waals surface area contributed by atoms with Crippen LogP contribution in [-0.4, -0.2) is 85.8 Å². The average molecular weight is 837 g/mol. The van der Waals surface area contributed by atoms with Crippen molar-refractivity contribution in [3.05, 3.63) is 105 Å². The molecule has 3 aliphatic rings. The number of benzene rings is 2. The van der Waals surface area contributed by atoms with Gasteiger partial charge in [0.25, 0.3) is 11.7 Å². The third-order valence-electron chi connectivity index (χ3n) is 12.0. The van der Waals surface area contributed by atoms with E-state index in [0.29, 0.717) is 35.7 Å². The smallest absolute Gasteiger partial charge is 0.619 e. The van der Waals surface area contributed by atoms with Gasteiger partial charge in [0.15, 0.2) is 0 Å². The second-order valence-corrected chi connectivity index (χ2v) is 15.6. The molecule has 5 heterocycles. The number of nitrogens with zero attached hydrogens (tertiary/aromatic N) is 7. The Hall–Kier alpha value is -4.20. The van der Waals surface area contributed by atoms with E-state index >= 15 is 0 Å². The number of piperidine rings is 2. The van der Waals surface area contributed by atoms with Crippen LogP contribution in [0.25, 0.3) is 16.3 Å². The number of alkyl halides is 3. The van der Waals surface area contributed by atoms with Crippen molar-refractivity contribution in [1.82, 2.24) is 40.1 Å². The number of likely N-dealkylation sites (tertiary alicyclic amines) is 1. The molecule has 3 N–H and O–H groups in total. The van der Waals surface area contributed by atoms with Gasteiger partial charge < -0.3 is 24.8 Å². The molecule has 2 saturated heterocycles. The number of carbonyl (C=O) groups is 3. The number of hydrogen-bond acceptors (Lipinski definition) is 9. The molecular weight excluding hydrogens is 793 g/mol. The van der Waals surface area contributed by atoms with Crippen LogP contribution < -0.4 is 62.0 Å². The van der Waals surface area contributed by atoms with Crippen molar-refractivity contribution in [1.29, 1.82) is 5.41 Å². The number of nitrogens with one attached hydrogen (secondary N) is 3. The fourth-order valence-corrected chi connectivity index (χ4v) is 8.25. The van der Waals surface area contributed by atoms with Gasteiger partial charge in [0, 0.05) is 37.5 Å². The van der Waals surface area contributed by atoms with Crippen LogP contribution in [0.1, 0.15) is 106 Å². The molecule has 304 valence electrons. The van der Waals surface area contributed by atoms with Gasteiger partial charge in [-0.3, -0.25) is 29.8 Å². The van der Waals surface area contributed by atoms with Gasteiger partial charge in [0.05, 0.1) is 28.5 Å². The van der Waals surface area contributed by atoms with Crippen LogP contribution in [0, 0.1) is 12.3 Å². The molecule has 59 heavy (non-hydrogen) atoms. The van der Waals surface area contributed by atoms with Crippen molar-refractivity contribution < 1.29 is 83.5 Å². The Labute approximate surface area is 380 Å². The summed E-state index contributed by atoms with van der Waals surface area (Å²) in [6.07, 6.45) is 0.759. The summed E-state index contributed by atoms with van der Waals surface area (Å²) in [6.45, 7) is 4.73. The Morgan fingerprint density at radius 2 is 1.86 bits per heavy atom. The van der Waals surface area contributed by atoms with E-state index in [2.05, 4.69) is 49.3 Å². The Bertz CT molecular complexity index is 2430. The fourth-order valence-electron chi connectivity index (χ4n) is 8.25. The molecule has 0 radical (unpaired) electrons. The molecular formula is C41H44F3KN10O4. The number of halogens is 3. The molecule has 2 aromatic carbocycles. The minimum Gasteiger partial charge on any atom is -0.619 e. The molecule has 3 fully saturated rings. The Balaban J connectivity index is 0.00000528. The summed E-state index contributed by atoms with van der Waals surface area (Å²) in [5.41, 5.74) is 9.48. The van der Waals surface area contributed by atoms with Crippen molar-refractivity contribution in [2.45, 2.75) is 81.8 Å². The number of rotatable bonds is 12. The normalized spacial score (nSPS) is 18.4. The fraction of sp³-hybridized carbons (Fsp3) is 0.439. The third-order valence-corrected chi connectivity index (χ3v) is 12.0. The first-order valence-corrected chi connectivity index (χ1v) is 19.5. The summed E-state index contributed by atoms with van der Waals surface area (Å²) in [5.74, 6) is -2.31. The minimum absolute atomic E-state index is 0. The summed E-state index contributed by atoms with van der Waals surface area (Å²) in [4.78, 5) is 43.1. The predicted octanol–water partition coefficient (Wildman–Crippen LogP) is 2.72. The number of amides is 3. The van der Waals surface area contributed by atoms with Gasteiger partial charge in [0.2, 0.25) is 17.7 Å². The van der Waals surface area contributed by atoms with Gasteiger partial charge >= 0.3 is 57.6 Å². The zero-order valence-corrected chi connectivity index (χ0v) is 36.6. The van der Waals surface area contributed by atoms with E-state index in [-0.39, 0.29) is 82.6 Å². The van der Waals surface area contributed by atoms with Crippen molar-refractivity contribution in [2.24, 2.45) is 7.05 Å². The summed E-state index contributed by atoms with van der Waals surface area (Å²) in [5, 5.41) is 23.3. The van der Waals surface area contributed by atoms with E-state index in [1.807, 2.05) is 37.0 Å². The Morgan fingerprint density at radius 1 is 1.10 bits per heavy atom. The van der Waals surface area contributed by atoms with E-state index in [0.717, 1.165) is 72.2 Å². The van der Waals surface area contributed by atoms with Crippen LogP contribution >= 0.6 is 0 Å². The quantitative estimate of drug-likeness (QED) is 0.0977. The van der Waals surface area contributed by atoms with E-state index in [4.69, 9.17) is 15.0 Å². The molecule has 0 spiro atoms. The van der Waals surface area contributed by atoms with Crippen molar-refractivity contribution >= 4 is 34.3 Å². The van der Waals surface area contributed by atoms with Crippen LogP contribution in [0.2, 0.25) is 0 Å². The molecule has 1 unspecified atom stereocenters. The number of aryl methyl sites for hydroxylation is 2. The number of aromatic nitrogens is 5. The molecule has 8 rings (SSSR count). The maximum absolute atomic E-state index is 13.4. The first kappa shape index (κ1) is 42.9. The zero-order chi connectivity index (χ0) is 40.9. The summed E-state index contributed by atoms with van der Waals surface area (Å²) < 4.78 is 48.7. The summed E-state index contributed by atoms with van der Waals surface area (Å²) in [6, 6.07) is 13.9. The Morgan fingerprint density at radius 3 is 2.54 bits per heavy atom. The van der Waals surface area contributed by atoms with Gasteiger partial charge in [-0.2, -0.15) is 23.3 Å². The molecule has 3 amide bonds. The number of carbonyl (C=O) groups excluding carboxylic acids is 3. The monoisotopic (exact) mass is 836 g/mol. The summed E-state index contributed by atoms with van der Waals surface area (Å²) in [7, 11) is 3.58. The van der Waals surface area contributed by atoms with Crippen LogP contribution in [-0.2, 0) is 35.0 Å². The van der Waals surface area contributed by atoms with Gasteiger partial charge in [-0.1, -0.05) is 29.4 Å². The van der Waals surface area contributed by atoms with Crippen LogP contribution in [0.3, 0.4) is 0 Å². The summed E-state index contributed by atoms with van der Waals surface area (Å²) >= 11 is 0. The average Bonchev–Trinajstić information content (AvgIpc) is 3.54. The van der Waals surface area contributed by atoms with Crippen molar-refractivity contribution in [3.63, 3.8) is 0 Å². The SMILES string of the molecule is C[N-]n1cc(CCN2CCC(c3ccc4c(C5CCC(=O)NC5=O)nn(C)c4c3)CC2)cc1C(=N)c1ccc(CNC(=O)c2noc(C3(C(F)(F)F)CC3)n2)c(C)c1.[K+]. The molecule has 2 aliphatic heterocycles. The van der Waals surface area contributed by atoms with E-state index in [9.17, 15) is 27.6 Å². The van der Waals surface area contributed by atoms with Crippen LogP contribution in [0.5, 0.6) is 0 Å². The first-order chi connectivity index (χ1) is 27.7. The van der Waals surface area contributed by atoms with Crippen molar-refractivity contribution in [3.8, 4) is 0 Å². The molecule has 14 nitrogen and oxygen atoms in total. The standard InChI is InChI=1S/C41H44F3N10O4.K/c1-23-18-27(4-5-28(23)21-47-38(57)36-49-39(58-51-36)40(13-14-40)41(42,43)44)34(45)32-19-24(22-54(32)46-2)10-15-53-16-11-25(12-17-53)26-6-7-29-31(20-26)52(3)50-35(29)30-8-9-33(55)48-37(30)56;/h4-7,18-20,22,25,30,45H,8-17,21H2,1-3H3,(H,47,57)(H,48,55,56);/q-1;+1. The topological polar surface area (TPSA) is 178 Å². The van der Waals surface area contributed by atoms with Gasteiger partial charge in [-0.15, -0.1) is 7.05 Å². The predicted molar refractivity (Wildman–Crippen MR) is 207 cm³/mol. The van der Waals surface area contributed by atoms with Gasteiger partial charge in [-0.25, -0.2) is 0 Å². The van der Waals surface area contributed by atoms with Gasteiger partial charge in [0.1, 0.15) is 5.41 Å². The molecule has 18 heteroatoms. The second-order valence-electron chi connectivity index (χ2n) is 15.6. The number of fused-ring (bicyclic) bond motifs is 1. The van der Waals surface area contributed by atoms with Crippen LogP contribution in [0.4, 0.5) is 13.2 Å². The second kappa shape index (κ2) is 17.0. The van der Waals surface area contributed by atoms with E-state index in [1.165, 1.54) is 5.56 Å². The largest absolute Gasteiger partial charge is 1.00 e. The molecule has 5 aromatic rings. The van der Waals surface area contributed by atoms with Crippen LogP contribution in [0.15, 0.2) is 53.2 Å². The van der Waals surface area contributed by atoms with Gasteiger partial charge in [-0.05, 0) is 111 Å². The van der Waals surface area contributed by atoms with E-state index in [1.54, 1.807) is 23.9 Å². The van der Waals surface area contributed by atoms with Crippen molar-refractivity contribution in [2.75, 3.05) is 26.7 Å². The number of hydrogen-bond donors (Lipinski definition) is 3. The first-order valence-electron chi connectivity index (χ1n) is 19.5. The molecule has 1 saturated carbocycles. The number of imide groups is 1. The molecule has 1 atom stereocenters. The minimum atomic E-state index is -4.52. The third kappa shape index (κ3) is 8.57. The molecule has 0 bridgehead atoms. The maximum Gasteiger partial charge on any atom is 1.00 e. The van der Waals surface area contributed by atoms with E-state index < -0.39 is 35.1 Å². The molecule has 3 aromatic heterocycles. The molecule has 1 aliphatic carbocycles. The maximum atomic E-state index is 13.4. The Kier molecular flexibility index (Phi) is 12.4.